The Morgan fingerprint density at radius 2 is 2.10 bits per heavy atom. The van der Waals surface area contributed by atoms with Gasteiger partial charge in [0.05, 0.1) is 15.9 Å². The first-order valence-corrected chi connectivity index (χ1v) is 11.7. The van der Waals surface area contributed by atoms with Crippen LogP contribution in [0.15, 0.2) is 36.7 Å². The van der Waals surface area contributed by atoms with E-state index in [9.17, 15) is 17.6 Å². The third kappa shape index (κ3) is 4.34. The van der Waals surface area contributed by atoms with E-state index in [4.69, 9.17) is 11.6 Å². The van der Waals surface area contributed by atoms with Crippen LogP contribution in [0, 0.1) is 5.82 Å². The van der Waals surface area contributed by atoms with Crippen molar-refractivity contribution in [3.63, 3.8) is 0 Å². The molecule has 31 heavy (non-hydrogen) atoms. The van der Waals surface area contributed by atoms with Crippen molar-refractivity contribution >= 4 is 44.7 Å². The van der Waals surface area contributed by atoms with E-state index in [1.54, 1.807) is 10.9 Å². The van der Waals surface area contributed by atoms with Crippen LogP contribution >= 0.6 is 22.9 Å². The predicted molar refractivity (Wildman–Crippen MR) is 115 cm³/mol. The minimum absolute atomic E-state index is 0.142. The number of halogens is 2. The molecule has 13 heteroatoms. The fourth-order valence-electron chi connectivity index (χ4n) is 3.26. The van der Waals surface area contributed by atoms with Crippen molar-refractivity contribution in [3.8, 4) is 10.7 Å². The number of likely N-dealkylation sites (N-methyl/N-ethyl adjacent to an activating group) is 1. The van der Waals surface area contributed by atoms with Gasteiger partial charge in [-0.3, -0.25) is 4.79 Å². The zero-order chi connectivity index (χ0) is 22.3. The van der Waals surface area contributed by atoms with Gasteiger partial charge in [0, 0.05) is 24.7 Å². The molecule has 2 aromatic heterocycles. The molecule has 0 bridgehead atoms. The zero-order valence-electron chi connectivity index (χ0n) is 16.4. The Hall–Kier alpha value is -2.38. The summed E-state index contributed by atoms with van der Waals surface area (Å²) in [6.45, 7) is 0. The molecule has 1 aliphatic heterocycles. The highest BCUT2D eigenvalue weighted by Gasteiger charge is 2.41. The quantitative estimate of drug-likeness (QED) is 0.591. The Balaban J connectivity index is 1.58. The van der Waals surface area contributed by atoms with Crippen molar-refractivity contribution in [2.24, 2.45) is 7.05 Å². The number of thiophene rings is 1. The Kier molecular flexibility index (Phi) is 5.83. The van der Waals surface area contributed by atoms with Crippen LogP contribution in [0.2, 0.25) is 5.02 Å². The number of nitrogens with one attached hydrogen (secondary N) is 2. The number of aryl methyl sites for hydroxylation is 1. The Morgan fingerprint density at radius 3 is 2.77 bits per heavy atom. The molecule has 0 spiro atoms. The van der Waals surface area contributed by atoms with E-state index in [0.717, 1.165) is 20.1 Å². The highest BCUT2D eigenvalue weighted by molar-refractivity contribution is 7.87. The lowest BCUT2D eigenvalue weighted by atomic mass is 10.1. The van der Waals surface area contributed by atoms with Gasteiger partial charge in [-0.1, -0.05) is 11.6 Å². The van der Waals surface area contributed by atoms with Crippen molar-refractivity contribution in [2.45, 2.75) is 18.5 Å². The molecule has 3 heterocycles. The molecule has 0 unspecified atom stereocenters. The number of rotatable bonds is 4. The van der Waals surface area contributed by atoms with E-state index in [0.29, 0.717) is 5.82 Å². The lowest BCUT2D eigenvalue weighted by Crippen LogP contribution is -2.55. The van der Waals surface area contributed by atoms with Crippen LogP contribution < -0.4 is 10.0 Å². The molecule has 0 aliphatic carbocycles. The van der Waals surface area contributed by atoms with Crippen LogP contribution in [0.1, 0.15) is 17.3 Å². The molecule has 2 atom stereocenters. The van der Waals surface area contributed by atoms with Gasteiger partial charge in [-0.15, -0.1) is 21.5 Å². The summed E-state index contributed by atoms with van der Waals surface area (Å²) in [6.07, 6.45) is 1.78. The third-order valence-electron chi connectivity index (χ3n) is 4.96. The standard InChI is InChI=1S/C18H18ClFN6O3S2/c1-25-9-21-23-17(25)16-6-5-15(30-16)13-8-14(26(2)31(28,29)24-13)18(27)22-10-3-4-12(20)11(19)7-10/h3-7,9,13-14,24H,8H2,1-2H3,(H,22,27)/t13-,14+/m1/s1. The number of hydrogen-bond donors (Lipinski definition) is 2. The minimum Gasteiger partial charge on any atom is -0.325 e. The van der Waals surface area contributed by atoms with E-state index >= 15 is 0 Å². The SMILES string of the molecule is CN1[C@H](C(=O)Nc2ccc(F)c(Cl)c2)C[C@H](c2ccc(-c3nncn3C)s2)NS1(=O)=O. The van der Waals surface area contributed by atoms with Gasteiger partial charge in [0.25, 0.3) is 10.2 Å². The number of amides is 1. The van der Waals surface area contributed by atoms with E-state index in [2.05, 4.69) is 20.2 Å². The van der Waals surface area contributed by atoms with Gasteiger partial charge in [-0.05, 0) is 36.8 Å². The molecule has 1 fully saturated rings. The fraction of sp³-hybridized carbons (Fsp3) is 0.278. The van der Waals surface area contributed by atoms with Gasteiger partial charge in [-0.25, -0.2) is 4.39 Å². The third-order valence-corrected chi connectivity index (χ3v) is 8.04. The number of aromatic nitrogens is 3. The maximum absolute atomic E-state index is 13.4. The Morgan fingerprint density at radius 1 is 1.32 bits per heavy atom. The van der Waals surface area contributed by atoms with Crippen LogP contribution in [0.25, 0.3) is 10.7 Å². The topological polar surface area (TPSA) is 109 Å². The van der Waals surface area contributed by atoms with Crippen molar-refractivity contribution in [2.75, 3.05) is 12.4 Å². The van der Waals surface area contributed by atoms with E-state index in [1.165, 1.54) is 30.5 Å². The van der Waals surface area contributed by atoms with Crippen molar-refractivity contribution in [1.82, 2.24) is 23.8 Å². The maximum Gasteiger partial charge on any atom is 0.280 e. The summed E-state index contributed by atoms with van der Waals surface area (Å²) in [5.74, 6) is -0.488. The molecular formula is C18H18ClFN6O3S2. The summed E-state index contributed by atoms with van der Waals surface area (Å²) >= 11 is 7.14. The first-order valence-electron chi connectivity index (χ1n) is 9.11. The molecule has 9 nitrogen and oxygen atoms in total. The van der Waals surface area contributed by atoms with E-state index in [1.807, 2.05) is 19.2 Å². The van der Waals surface area contributed by atoms with Crippen molar-refractivity contribution < 1.29 is 17.6 Å². The molecule has 0 saturated carbocycles. The highest BCUT2D eigenvalue weighted by atomic mass is 35.5. The molecule has 1 aromatic carbocycles. The second-order valence-electron chi connectivity index (χ2n) is 7.03. The number of hydrogen-bond acceptors (Lipinski definition) is 6. The average Bonchev–Trinajstić information content (AvgIpc) is 3.35. The van der Waals surface area contributed by atoms with Gasteiger partial charge in [0.1, 0.15) is 18.2 Å². The van der Waals surface area contributed by atoms with Gasteiger partial charge in [0.2, 0.25) is 5.91 Å². The summed E-state index contributed by atoms with van der Waals surface area (Å²) in [4.78, 5) is 14.5. The number of carbonyl (C=O) groups is 1. The van der Waals surface area contributed by atoms with Crippen molar-refractivity contribution in [3.05, 3.63) is 52.4 Å². The van der Waals surface area contributed by atoms with E-state index in [-0.39, 0.29) is 17.1 Å². The van der Waals surface area contributed by atoms with Crippen LogP contribution in [0.4, 0.5) is 10.1 Å². The number of benzene rings is 1. The summed E-state index contributed by atoms with van der Waals surface area (Å²) in [5, 5.41) is 10.4. The molecule has 0 radical (unpaired) electrons. The molecule has 2 N–H and O–H groups in total. The van der Waals surface area contributed by atoms with Gasteiger partial charge in [-0.2, -0.15) is 17.4 Å². The number of nitrogens with zero attached hydrogens (tertiary/aromatic N) is 4. The summed E-state index contributed by atoms with van der Waals surface area (Å²) in [7, 11) is -0.755. The first-order chi connectivity index (χ1) is 14.7. The molecule has 1 saturated heterocycles. The monoisotopic (exact) mass is 484 g/mol. The number of carbonyl (C=O) groups excluding carboxylic acids is 1. The summed E-state index contributed by atoms with van der Waals surface area (Å²) < 4.78 is 44.1. The maximum atomic E-state index is 13.4. The van der Waals surface area contributed by atoms with Gasteiger partial charge in [0.15, 0.2) is 5.82 Å². The second kappa shape index (κ2) is 8.28. The smallest absolute Gasteiger partial charge is 0.280 e. The van der Waals surface area contributed by atoms with Crippen molar-refractivity contribution in [1.29, 1.82) is 0 Å². The fourth-order valence-corrected chi connectivity index (χ4v) is 5.88. The number of anilines is 1. The lowest BCUT2D eigenvalue weighted by Gasteiger charge is -2.35. The minimum atomic E-state index is -3.90. The van der Waals surface area contributed by atoms with Gasteiger partial charge >= 0.3 is 0 Å². The largest absolute Gasteiger partial charge is 0.325 e. The average molecular weight is 485 g/mol. The van der Waals surface area contributed by atoms with Crippen LogP contribution in [0.5, 0.6) is 0 Å². The normalized spacial score (nSPS) is 21.2. The lowest BCUT2D eigenvalue weighted by molar-refractivity contribution is -0.120. The molecule has 4 rings (SSSR count). The van der Waals surface area contributed by atoms with Crippen LogP contribution in [-0.2, 0) is 22.1 Å². The predicted octanol–water partition coefficient (Wildman–Crippen LogP) is 2.55. The molecule has 1 aliphatic rings. The Bertz CT molecular complexity index is 1240. The zero-order valence-corrected chi connectivity index (χ0v) is 18.8. The first kappa shape index (κ1) is 21.8. The van der Waals surface area contributed by atoms with Gasteiger partial charge < -0.3 is 9.88 Å². The molecule has 3 aromatic rings. The molecule has 164 valence electrons. The highest BCUT2D eigenvalue weighted by Crippen LogP contribution is 2.35. The molecule has 1 amide bonds. The van der Waals surface area contributed by atoms with Crippen LogP contribution in [-0.4, -0.2) is 46.5 Å². The van der Waals surface area contributed by atoms with Crippen LogP contribution in [0.3, 0.4) is 0 Å². The summed E-state index contributed by atoms with van der Waals surface area (Å²) in [5.41, 5.74) is 0.276. The summed E-state index contributed by atoms with van der Waals surface area (Å²) in [6, 6.07) is 5.84. The van der Waals surface area contributed by atoms with E-state index < -0.39 is 34.0 Å². The molecular weight excluding hydrogens is 467 g/mol. The second-order valence-corrected chi connectivity index (χ2v) is 10.3. The Labute approximate surface area is 187 Å².